The molecule has 0 atom stereocenters. The van der Waals surface area contributed by atoms with Crippen molar-refractivity contribution in [2.75, 3.05) is 18.5 Å². The van der Waals surface area contributed by atoms with Crippen molar-refractivity contribution in [1.82, 2.24) is 0 Å². The lowest BCUT2D eigenvalue weighted by Gasteiger charge is -2.09. The van der Waals surface area contributed by atoms with Gasteiger partial charge in [0.05, 0.1) is 6.54 Å². The van der Waals surface area contributed by atoms with Crippen LogP contribution >= 0.6 is 23.2 Å². The third-order valence-corrected chi connectivity index (χ3v) is 4.26. The van der Waals surface area contributed by atoms with Crippen molar-refractivity contribution in [3.8, 4) is 17.2 Å². The summed E-state index contributed by atoms with van der Waals surface area (Å²) >= 11 is 11.1. The van der Waals surface area contributed by atoms with E-state index < -0.39 is 0 Å². The van der Waals surface area contributed by atoms with Crippen molar-refractivity contribution in [2.24, 2.45) is 0 Å². The second kappa shape index (κ2) is 10.6. The van der Waals surface area contributed by atoms with Gasteiger partial charge in [-0.2, -0.15) is 0 Å². The summed E-state index contributed by atoms with van der Waals surface area (Å²) in [6, 6.07) is 23.8. The molecule has 0 amide bonds. The smallest absolute Gasteiger partial charge is 0.181 e. The number of halogens is 2. The molecule has 4 nitrogen and oxygen atoms in total. The Labute approximate surface area is 179 Å². The maximum absolute atomic E-state index is 12.1. The van der Waals surface area contributed by atoms with Crippen LogP contribution in [-0.4, -0.2) is 18.9 Å². The number of ketones is 1. The van der Waals surface area contributed by atoms with Gasteiger partial charge in [-0.1, -0.05) is 53.5 Å². The summed E-state index contributed by atoms with van der Waals surface area (Å²) in [5.74, 6) is 2.10. The molecule has 6 heteroatoms. The summed E-state index contributed by atoms with van der Waals surface area (Å²) in [4.78, 5) is 12.1. The van der Waals surface area contributed by atoms with E-state index in [0.717, 1.165) is 5.69 Å². The van der Waals surface area contributed by atoms with E-state index in [9.17, 15) is 4.79 Å². The fourth-order valence-electron chi connectivity index (χ4n) is 2.49. The Hall–Kier alpha value is -2.95. The van der Waals surface area contributed by atoms with Crippen LogP contribution in [0.25, 0.3) is 0 Å². The van der Waals surface area contributed by atoms with Crippen molar-refractivity contribution >= 4 is 34.7 Å². The summed E-state index contributed by atoms with van der Waals surface area (Å²) in [6.45, 7) is 0.527. The van der Waals surface area contributed by atoms with Crippen LogP contribution in [0.4, 0.5) is 5.69 Å². The molecule has 29 heavy (non-hydrogen) atoms. The van der Waals surface area contributed by atoms with Gasteiger partial charge in [0.2, 0.25) is 0 Å². The summed E-state index contributed by atoms with van der Waals surface area (Å²) in [5, 5.41) is 3.12. The van der Waals surface area contributed by atoms with Gasteiger partial charge >= 0.3 is 0 Å². The van der Waals surface area contributed by atoms with Crippen LogP contribution in [0.2, 0.25) is 0 Å². The summed E-state index contributed by atoms with van der Waals surface area (Å²) in [5.41, 5.74) is 1.53. The standard InChI is InChI=1S/C23H19Cl2NO3/c24-23(25)14-15-28-19-10-12-21(13-11-19)29-20-8-6-18(7-9-20)26-16-22(27)17-4-2-1-3-5-17/h1-14,26H,15-16H2. The highest BCUT2D eigenvalue weighted by Crippen LogP contribution is 2.25. The minimum absolute atomic E-state index is 0.0389. The number of carbonyl (C=O) groups is 1. The monoisotopic (exact) mass is 427 g/mol. The van der Waals surface area contributed by atoms with E-state index in [-0.39, 0.29) is 16.8 Å². The van der Waals surface area contributed by atoms with E-state index in [2.05, 4.69) is 5.32 Å². The lowest BCUT2D eigenvalue weighted by atomic mass is 10.1. The van der Waals surface area contributed by atoms with Gasteiger partial charge in [0, 0.05) is 11.3 Å². The number of ether oxygens (including phenoxy) is 2. The topological polar surface area (TPSA) is 47.6 Å². The Kier molecular flexibility index (Phi) is 7.56. The molecule has 0 saturated carbocycles. The second-order valence-electron chi connectivity index (χ2n) is 6.05. The Balaban J connectivity index is 1.50. The number of benzene rings is 3. The molecule has 0 unspecified atom stereocenters. The van der Waals surface area contributed by atoms with Crippen molar-refractivity contribution in [1.29, 1.82) is 0 Å². The van der Waals surface area contributed by atoms with Gasteiger partial charge in [-0.15, -0.1) is 0 Å². The number of hydrogen-bond acceptors (Lipinski definition) is 4. The number of Topliss-reactive ketones (excluding diaryl/α,β-unsaturated/α-hetero) is 1. The van der Waals surface area contributed by atoms with Gasteiger partial charge in [-0.05, 0) is 54.6 Å². The minimum Gasteiger partial charge on any atom is -0.489 e. The molecule has 0 heterocycles. The first kappa shape index (κ1) is 20.8. The third-order valence-electron chi connectivity index (χ3n) is 3.95. The van der Waals surface area contributed by atoms with Crippen LogP contribution in [0.1, 0.15) is 10.4 Å². The number of anilines is 1. The largest absolute Gasteiger partial charge is 0.489 e. The average molecular weight is 428 g/mol. The van der Waals surface area contributed by atoms with Gasteiger partial charge in [-0.25, -0.2) is 0 Å². The van der Waals surface area contributed by atoms with E-state index in [1.54, 1.807) is 30.3 Å². The van der Waals surface area contributed by atoms with E-state index >= 15 is 0 Å². The fraction of sp³-hybridized carbons (Fsp3) is 0.0870. The van der Waals surface area contributed by atoms with E-state index in [1.807, 2.05) is 54.6 Å². The maximum Gasteiger partial charge on any atom is 0.181 e. The molecular weight excluding hydrogens is 409 g/mol. The molecule has 0 bridgehead atoms. The van der Waals surface area contributed by atoms with Gasteiger partial charge in [0.1, 0.15) is 28.3 Å². The highest BCUT2D eigenvalue weighted by Gasteiger charge is 2.05. The van der Waals surface area contributed by atoms with Gasteiger partial charge < -0.3 is 14.8 Å². The van der Waals surface area contributed by atoms with Crippen molar-refractivity contribution in [2.45, 2.75) is 0 Å². The highest BCUT2D eigenvalue weighted by molar-refractivity contribution is 6.55. The van der Waals surface area contributed by atoms with Crippen molar-refractivity contribution in [3.63, 3.8) is 0 Å². The average Bonchev–Trinajstić information content (AvgIpc) is 2.74. The molecule has 0 fully saturated rings. The number of rotatable bonds is 9. The first-order valence-electron chi connectivity index (χ1n) is 8.94. The SMILES string of the molecule is O=C(CNc1ccc(Oc2ccc(OCC=C(Cl)Cl)cc2)cc1)c1ccccc1. The van der Waals surface area contributed by atoms with E-state index in [0.29, 0.717) is 29.4 Å². The molecule has 148 valence electrons. The minimum atomic E-state index is 0.0389. The zero-order valence-electron chi connectivity index (χ0n) is 15.5. The second-order valence-corrected chi connectivity index (χ2v) is 7.05. The molecule has 3 aromatic rings. The first-order chi connectivity index (χ1) is 14.1. The Morgan fingerprint density at radius 2 is 1.41 bits per heavy atom. The van der Waals surface area contributed by atoms with Gasteiger partial charge in [0.25, 0.3) is 0 Å². The van der Waals surface area contributed by atoms with Gasteiger partial charge in [-0.3, -0.25) is 4.79 Å². The normalized spacial score (nSPS) is 10.1. The molecule has 0 aliphatic rings. The lowest BCUT2D eigenvalue weighted by Crippen LogP contribution is -2.13. The van der Waals surface area contributed by atoms with Crippen LogP contribution in [-0.2, 0) is 0 Å². The van der Waals surface area contributed by atoms with E-state index in [1.165, 1.54) is 0 Å². The number of carbonyl (C=O) groups excluding carboxylic acids is 1. The predicted molar refractivity (Wildman–Crippen MR) is 118 cm³/mol. The Morgan fingerprint density at radius 3 is 2.03 bits per heavy atom. The molecular formula is C23H19Cl2NO3. The van der Waals surface area contributed by atoms with Crippen LogP contribution in [0.15, 0.2) is 89.4 Å². The first-order valence-corrected chi connectivity index (χ1v) is 9.70. The summed E-state index contributed by atoms with van der Waals surface area (Å²) < 4.78 is 11.5. The third kappa shape index (κ3) is 6.86. The Bertz CT molecular complexity index is 952. The van der Waals surface area contributed by atoms with Crippen LogP contribution in [0.5, 0.6) is 17.2 Å². The molecule has 0 aliphatic heterocycles. The van der Waals surface area contributed by atoms with Crippen molar-refractivity contribution < 1.29 is 14.3 Å². The molecule has 3 aromatic carbocycles. The van der Waals surface area contributed by atoms with Gasteiger partial charge in [0.15, 0.2) is 5.78 Å². The molecule has 0 aromatic heterocycles. The van der Waals surface area contributed by atoms with Crippen LogP contribution < -0.4 is 14.8 Å². The maximum atomic E-state index is 12.1. The highest BCUT2D eigenvalue weighted by atomic mass is 35.5. The van der Waals surface area contributed by atoms with Crippen LogP contribution in [0.3, 0.4) is 0 Å². The summed E-state index contributed by atoms with van der Waals surface area (Å²) in [7, 11) is 0. The molecule has 0 aliphatic carbocycles. The molecule has 0 saturated heterocycles. The molecule has 0 spiro atoms. The molecule has 0 radical (unpaired) electrons. The van der Waals surface area contributed by atoms with E-state index in [4.69, 9.17) is 32.7 Å². The zero-order valence-corrected chi connectivity index (χ0v) is 17.0. The number of nitrogens with one attached hydrogen (secondary N) is 1. The molecule has 1 N–H and O–H groups in total. The quantitative estimate of drug-likeness (QED) is 0.397. The summed E-state index contributed by atoms with van der Waals surface area (Å²) in [6.07, 6.45) is 1.57. The molecule has 3 rings (SSSR count). The predicted octanol–water partition coefficient (Wildman–Crippen LogP) is 6.47. The van der Waals surface area contributed by atoms with Crippen LogP contribution in [0, 0.1) is 0 Å². The zero-order chi connectivity index (χ0) is 20.5. The fourth-order valence-corrected chi connectivity index (χ4v) is 2.62. The number of hydrogen-bond donors (Lipinski definition) is 1. The Morgan fingerprint density at radius 1 is 0.828 bits per heavy atom. The van der Waals surface area contributed by atoms with Crippen molar-refractivity contribution in [3.05, 3.63) is 95.0 Å². The lowest BCUT2D eigenvalue weighted by molar-refractivity contribution is 0.101.